The molecule has 150 valence electrons. The summed E-state index contributed by atoms with van der Waals surface area (Å²) >= 11 is 5.82. The number of carboxylic acid groups (broad SMARTS) is 1. The molecule has 0 aliphatic carbocycles. The van der Waals surface area contributed by atoms with E-state index in [9.17, 15) is 23.9 Å². The SMILES string of the molecule is CCOC(=O)c1cc(CC(=O)O)c2ccc(Cc3cccc(Cl)c3F)cn2c1=O. The highest BCUT2D eigenvalue weighted by molar-refractivity contribution is 6.30. The molecule has 0 fully saturated rings. The second-order valence-electron chi connectivity index (χ2n) is 6.36. The molecule has 0 aliphatic rings. The van der Waals surface area contributed by atoms with Gasteiger partial charge in [-0.1, -0.05) is 29.8 Å². The highest BCUT2D eigenvalue weighted by Gasteiger charge is 2.18. The number of benzene rings is 1. The molecule has 3 aromatic rings. The first-order valence-corrected chi connectivity index (χ1v) is 9.18. The Labute approximate surface area is 170 Å². The molecule has 0 amide bonds. The number of fused-ring (bicyclic) bond motifs is 1. The van der Waals surface area contributed by atoms with Gasteiger partial charge in [-0.05, 0) is 41.8 Å². The lowest BCUT2D eigenvalue weighted by Gasteiger charge is -2.12. The third-order valence-corrected chi connectivity index (χ3v) is 4.66. The van der Waals surface area contributed by atoms with Crippen LogP contribution in [0.15, 0.2) is 47.4 Å². The van der Waals surface area contributed by atoms with Gasteiger partial charge >= 0.3 is 11.9 Å². The molecule has 2 heterocycles. The summed E-state index contributed by atoms with van der Waals surface area (Å²) in [7, 11) is 0. The number of halogens is 2. The Bertz CT molecular complexity index is 1170. The number of carbonyl (C=O) groups excluding carboxylic acids is 1. The summed E-state index contributed by atoms with van der Waals surface area (Å²) in [6.07, 6.45) is 1.25. The Morgan fingerprint density at radius 3 is 2.66 bits per heavy atom. The van der Waals surface area contributed by atoms with E-state index < -0.39 is 23.3 Å². The molecule has 6 nitrogen and oxygen atoms in total. The number of ether oxygens (including phenoxy) is 1. The average Bonchev–Trinajstić information content (AvgIpc) is 2.67. The Morgan fingerprint density at radius 2 is 1.97 bits per heavy atom. The molecule has 0 bridgehead atoms. The summed E-state index contributed by atoms with van der Waals surface area (Å²) in [5, 5.41) is 9.17. The third kappa shape index (κ3) is 4.30. The van der Waals surface area contributed by atoms with Gasteiger partial charge in [0.05, 0.1) is 23.6 Å². The predicted molar refractivity (Wildman–Crippen MR) is 105 cm³/mol. The van der Waals surface area contributed by atoms with Crippen LogP contribution in [-0.4, -0.2) is 28.1 Å². The number of nitrogens with zero attached hydrogens (tertiary/aromatic N) is 1. The molecule has 0 radical (unpaired) electrons. The van der Waals surface area contributed by atoms with Crippen LogP contribution in [0, 0.1) is 5.82 Å². The van der Waals surface area contributed by atoms with Crippen molar-refractivity contribution in [1.82, 2.24) is 4.40 Å². The van der Waals surface area contributed by atoms with Crippen molar-refractivity contribution in [2.24, 2.45) is 0 Å². The number of rotatable bonds is 6. The minimum Gasteiger partial charge on any atom is -0.481 e. The molecule has 0 atom stereocenters. The molecule has 0 unspecified atom stereocenters. The largest absolute Gasteiger partial charge is 0.481 e. The summed E-state index contributed by atoms with van der Waals surface area (Å²) in [5.41, 5.74) is 0.675. The standard InChI is InChI=1S/C21H17ClFNO5/c1-2-29-21(28)15-9-14(10-18(25)26)17-7-6-12(11-24(17)20(15)27)8-13-4-3-5-16(22)19(13)23/h3-7,9,11H,2,8,10H2,1H3,(H,25,26). The summed E-state index contributed by atoms with van der Waals surface area (Å²) in [5.74, 6) is -2.48. The van der Waals surface area contributed by atoms with Crippen molar-refractivity contribution in [3.63, 3.8) is 0 Å². The molecule has 29 heavy (non-hydrogen) atoms. The van der Waals surface area contributed by atoms with Crippen LogP contribution in [0.1, 0.15) is 34.0 Å². The second kappa shape index (κ2) is 8.45. The van der Waals surface area contributed by atoms with Crippen LogP contribution in [0.4, 0.5) is 4.39 Å². The predicted octanol–water partition coefficient (Wildman–Crippen LogP) is 3.49. The van der Waals surface area contributed by atoms with Gasteiger partial charge in [0.25, 0.3) is 5.56 Å². The zero-order valence-corrected chi connectivity index (χ0v) is 16.2. The maximum Gasteiger partial charge on any atom is 0.343 e. The van der Waals surface area contributed by atoms with Crippen molar-refractivity contribution in [2.75, 3.05) is 6.61 Å². The van der Waals surface area contributed by atoms with Crippen LogP contribution in [0.3, 0.4) is 0 Å². The van der Waals surface area contributed by atoms with Crippen molar-refractivity contribution in [2.45, 2.75) is 19.8 Å². The first-order chi connectivity index (χ1) is 13.8. The summed E-state index contributed by atoms with van der Waals surface area (Å²) in [6, 6.07) is 9.14. The van der Waals surface area contributed by atoms with E-state index >= 15 is 0 Å². The fourth-order valence-electron chi connectivity index (χ4n) is 3.08. The van der Waals surface area contributed by atoms with Gasteiger partial charge in [0.2, 0.25) is 0 Å². The van der Waals surface area contributed by atoms with Gasteiger partial charge in [-0.25, -0.2) is 9.18 Å². The number of carbonyl (C=O) groups is 2. The zero-order valence-electron chi connectivity index (χ0n) is 15.4. The van der Waals surface area contributed by atoms with E-state index in [0.29, 0.717) is 22.2 Å². The van der Waals surface area contributed by atoms with Crippen molar-refractivity contribution in [1.29, 1.82) is 0 Å². The van der Waals surface area contributed by atoms with Crippen LogP contribution in [-0.2, 0) is 22.4 Å². The molecule has 0 saturated heterocycles. The van der Waals surface area contributed by atoms with E-state index in [1.54, 1.807) is 31.2 Å². The lowest BCUT2D eigenvalue weighted by atomic mass is 10.0. The highest BCUT2D eigenvalue weighted by Crippen LogP contribution is 2.21. The van der Waals surface area contributed by atoms with Gasteiger partial charge in [0.15, 0.2) is 0 Å². The highest BCUT2D eigenvalue weighted by atomic mass is 35.5. The number of hydrogen-bond acceptors (Lipinski definition) is 4. The lowest BCUT2D eigenvalue weighted by Crippen LogP contribution is -2.25. The molecule has 1 N–H and O–H groups in total. The van der Waals surface area contributed by atoms with E-state index in [1.807, 2.05) is 0 Å². The van der Waals surface area contributed by atoms with Gasteiger partial charge in [-0.15, -0.1) is 0 Å². The van der Waals surface area contributed by atoms with Gasteiger partial charge in [0.1, 0.15) is 11.4 Å². The topological polar surface area (TPSA) is 85.1 Å². The number of hydrogen-bond donors (Lipinski definition) is 1. The van der Waals surface area contributed by atoms with E-state index in [1.165, 1.54) is 22.7 Å². The third-order valence-electron chi connectivity index (χ3n) is 4.37. The molecular weight excluding hydrogens is 401 g/mol. The molecule has 1 aromatic carbocycles. The average molecular weight is 418 g/mol. The van der Waals surface area contributed by atoms with E-state index in [-0.39, 0.29) is 30.0 Å². The van der Waals surface area contributed by atoms with Gasteiger partial charge in [0, 0.05) is 12.6 Å². The maximum atomic E-state index is 14.2. The number of carboxylic acids is 1. The van der Waals surface area contributed by atoms with Crippen LogP contribution in [0.2, 0.25) is 5.02 Å². The van der Waals surface area contributed by atoms with Crippen molar-refractivity contribution < 1.29 is 23.8 Å². The summed E-state index contributed by atoms with van der Waals surface area (Å²) in [4.78, 5) is 36.2. The Hall–Kier alpha value is -3.19. The molecule has 0 aliphatic heterocycles. The van der Waals surface area contributed by atoms with Crippen LogP contribution < -0.4 is 5.56 Å². The molecule has 2 aromatic heterocycles. The Balaban J connectivity index is 2.16. The Morgan fingerprint density at radius 1 is 1.21 bits per heavy atom. The lowest BCUT2D eigenvalue weighted by molar-refractivity contribution is -0.136. The molecular formula is C21H17ClFNO5. The van der Waals surface area contributed by atoms with Gasteiger partial charge in [-0.3, -0.25) is 14.0 Å². The minimum atomic E-state index is -1.11. The number of esters is 1. The smallest absolute Gasteiger partial charge is 0.343 e. The van der Waals surface area contributed by atoms with Crippen LogP contribution in [0.5, 0.6) is 0 Å². The molecule has 0 spiro atoms. The number of aromatic nitrogens is 1. The first kappa shape index (κ1) is 20.5. The molecule has 0 saturated carbocycles. The zero-order chi connectivity index (χ0) is 21.1. The summed E-state index contributed by atoms with van der Waals surface area (Å²) in [6.45, 7) is 1.68. The van der Waals surface area contributed by atoms with Crippen molar-refractivity contribution >= 4 is 29.1 Å². The second-order valence-corrected chi connectivity index (χ2v) is 6.77. The molecule has 8 heteroatoms. The van der Waals surface area contributed by atoms with E-state index in [0.717, 1.165) is 0 Å². The van der Waals surface area contributed by atoms with Crippen LogP contribution >= 0.6 is 11.6 Å². The van der Waals surface area contributed by atoms with E-state index in [2.05, 4.69) is 0 Å². The quantitative estimate of drug-likeness (QED) is 0.620. The van der Waals surface area contributed by atoms with Gasteiger partial charge < -0.3 is 9.84 Å². The maximum absolute atomic E-state index is 14.2. The fourth-order valence-corrected chi connectivity index (χ4v) is 3.28. The normalized spacial score (nSPS) is 10.9. The number of pyridine rings is 2. The monoisotopic (exact) mass is 417 g/mol. The van der Waals surface area contributed by atoms with Gasteiger partial charge in [-0.2, -0.15) is 0 Å². The minimum absolute atomic E-state index is 0.00574. The van der Waals surface area contributed by atoms with E-state index in [4.69, 9.17) is 16.3 Å². The van der Waals surface area contributed by atoms with Crippen molar-refractivity contribution in [3.05, 3.63) is 86.0 Å². The first-order valence-electron chi connectivity index (χ1n) is 8.80. The Kier molecular flexibility index (Phi) is 5.98. The number of aliphatic carboxylic acids is 1. The fraction of sp³-hybridized carbons (Fsp3) is 0.190. The van der Waals surface area contributed by atoms with Crippen molar-refractivity contribution in [3.8, 4) is 0 Å². The van der Waals surface area contributed by atoms with Crippen LogP contribution in [0.25, 0.3) is 5.52 Å². The summed E-state index contributed by atoms with van der Waals surface area (Å²) < 4.78 is 20.3. The molecule has 3 rings (SSSR count).